The minimum atomic E-state index is -0.957. The van der Waals surface area contributed by atoms with Crippen LogP contribution in [0.1, 0.15) is 68.9 Å². The number of rotatable bonds is 5. The largest absolute Gasteiger partial charge is 0.461 e. The number of oxime groups is 1. The van der Waals surface area contributed by atoms with Gasteiger partial charge in [0.2, 0.25) is 0 Å². The number of fused-ring (bicyclic) bond motifs is 1. The highest BCUT2D eigenvalue weighted by molar-refractivity contribution is 6.00. The Kier molecular flexibility index (Phi) is 5.24. The minimum Gasteiger partial charge on any atom is -0.461 e. The second-order valence-corrected chi connectivity index (χ2v) is 9.34. The van der Waals surface area contributed by atoms with Crippen LogP contribution in [0.15, 0.2) is 23.4 Å². The number of nitrogens with zero attached hydrogens (tertiary/aromatic N) is 2. The minimum absolute atomic E-state index is 0.0254. The van der Waals surface area contributed by atoms with Gasteiger partial charge in [0.15, 0.2) is 5.84 Å². The molecule has 1 saturated heterocycles. The zero-order valence-electron chi connectivity index (χ0n) is 18.4. The van der Waals surface area contributed by atoms with Crippen molar-refractivity contribution >= 4 is 22.7 Å². The maximum atomic E-state index is 15.6. The third kappa shape index (κ3) is 3.46. The van der Waals surface area contributed by atoms with E-state index in [1.807, 2.05) is 26.8 Å². The van der Waals surface area contributed by atoms with Gasteiger partial charge >= 0.3 is 5.97 Å². The predicted octanol–water partition coefficient (Wildman–Crippen LogP) is 4.11. The SMILES string of the molecule is CCOC(=O)c1cc2cc([C@@H]3CCOC(C)(C)C3)cc(F)c2n1[C@@]1(C(N)=NO)C[C@@H]1C. The molecule has 0 spiro atoms. The summed E-state index contributed by atoms with van der Waals surface area (Å²) in [5.74, 6) is -0.900. The molecule has 3 atom stereocenters. The van der Waals surface area contributed by atoms with Crippen LogP contribution in [-0.4, -0.2) is 40.4 Å². The standard InChI is InChI=1S/C23H30FN3O4/c1-5-30-20(28)18-10-16-8-15(14-6-7-31-22(3,4)12-14)9-17(24)19(16)27(18)23(11-13(23)2)21(25)26-29/h8-10,13-14,29H,5-7,11-12H2,1-4H3,(H2,25,26)/t13-,14+,23-/m0/s1. The van der Waals surface area contributed by atoms with Crippen LogP contribution in [0.3, 0.4) is 0 Å². The highest BCUT2D eigenvalue weighted by atomic mass is 19.1. The molecule has 1 aliphatic heterocycles. The van der Waals surface area contributed by atoms with Crippen molar-refractivity contribution in [1.82, 2.24) is 4.57 Å². The number of carbonyl (C=O) groups is 1. The fourth-order valence-electron chi connectivity index (χ4n) is 5.12. The average molecular weight is 432 g/mol. The van der Waals surface area contributed by atoms with Crippen LogP contribution in [0.4, 0.5) is 4.39 Å². The molecule has 1 aliphatic carbocycles. The smallest absolute Gasteiger partial charge is 0.355 e. The van der Waals surface area contributed by atoms with Crippen LogP contribution in [0.2, 0.25) is 0 Å². The second-order valence-electron chi connectivity index (χ2n) is 9.34. The molecule has 8 heteroatoms. The molecule has 0 radical (unpaired) electrons. The van der Waals surface area contributed by atoms with Crippen LogP contribution in [0, 0.1) is 11.7 Å². The Morgan fingerprint density at radius 3 is 2.68 bits per heavy atom. The number of hydrogen-bond donors (Lipinski definition) is 2. The fraction of sp³-hybridized carbons (Fsp3) is 0.565. The van der Waals surface area contributed by atoms with Crippen molar-refractivity contribution in [3.8, 4) is 0 Å². The van der Waals surface area contributed by atoms with Gasteiger partial charge in [-0.15, -0.1) is 0 Å². The molecule has 0 amide bonds. The van der Waals surface area contributed by atoms with Gasteiger partial charge < -0.3 is 25.0 Å². The van der Waals surface area contributed by atoms with Gasteiger partial charge in [-0.3, -0.25) is 0 Å². The van der Waals surface area contributed by atoms with Gasteiger partial charge in [0, 0.05) is 12.0 Å². The van der Waals surface area contributed by atoms with Crippen molar-refractivity contribution in [2.24, 2.45) is 16.8 Å². The molecule has 2 fully saturated rings. The molecule has 7 nitrogen and oxygen atoms in total. The fourth-order valence-corrected chi connectivity index (χ4v) is 5.12. The first-order chi connectivity index (χ1) is 14.6. The summed E-state index contributed by atoms with van der Waals surface area (Å²) >= 11 is 0. The molecule has 1 aromatic heterocycles. The van der Waals surface area contributed by atoms with E-state index in [4.69, 9.17) is 15.2 Å². The zero-order valence-corrected chi connectivity index (χ0v) is 18.4. The number of esters is 1. The molecule has 0 bridgehead atoms. The van der Waals surface area contributed by atoms with Crippen LogP contribution < -0.4 is 5.73 Å². The Morgan fingerprint density at radius 2 is 2.10 bits per heavy atom. The Bertz CT molecular complexity index is 1060. The van der Waals surface area contributed by atoms with Crippen molar-refractivity contribution in [1.29, 1.82) is 0 Å². The summed E-state index contributed by atoms with van der Waals surface area (Å²) < 4.78 is 28.3. The number of hydrogen-bond acceptors (Lipinski definition) is 5. The van der Waals surface area contributed by atoms with Gasteiger partial charge in [-0.1, -0.05) is 12.1 Å². The summed E-state index contributed by atoms with van der Waals surface area (Å²) in [7, 11) is 0. The van der Waals surface area contributed by atoms with E-state index in [2.05, 4.69) is 5.16 Å². The molecular formula is C23H30FN3O4. The van der Waals surface area contributed by atoms with Crippen LogP contribution in [0.25, 0.3) is 10.9 Å². The number of nitrogens with two attached hydrogens (primary N) is 1. The third-order valence-electron chi connectivity index (χ3n) is 6.75. The Hall–Kier alpha value is -2.61. The summed E-state index contributed by atoms with van der Waals surface area (Å²) in [6, 6.07) is 5.14. The van der Waals surface area contributed by atoms with E-state index in [1.165, 1.54) is 0 Å². The van der Waals surface area contributed by atoms with E-state index in [-0.39, 0.29) is 41.1 Å². The highest BCUT2D eigenvalue weighted by Gasteiger charge is 2.59. The molecule has 2 aliphatic rings. The molecule has 3 N–H and O–H groups in total. The number of carbonyl (C=O) groups excluding carboxylic acids is 1. The maximum absolute atomic E-state index is 15.6. The summed E-state index contributed by atoms with van der Waals surface area (Å²) in [4.78, 5) is 12.8. The maximum Gasteiger partial charge on any atom is 0.355 e. The molecule has 0 unspecified atom stereocenters. The lowest BCUT2D eigenvalue weighted by Crippen LogP contribution is -2.38. The summed E-state index contributed by atoms with van der Waals surface area (Å²) in [6.07, 6.45) is 2.13. The second kappa shape index (κ2) is 7.51. The number of amidine groups is 1. The Morgan fingerprint density at radius 1 is 1.39 bits per heavy atom. The van der Waals surface area contributed by atoms with Crippen LogP contribution in [0.5, 0.6) is 0 Å². The highest BCUT2D eigenvalue weighted by Crippen LogP contribution is 2.53. The van der Waals surface area contributed by atoms with E-state index in [1.54, 1.807) is 23.6 Å². The molecule has 2 aromatic rings. The normalized spacial score (nSPS) is 28.0. The number of halogens is 1. The lowest BCUT2D eigenvalue weighted by Gasteiger charge is -2.35. The summed E-state index contributed by atoms with van der Waals surface area (Å²) in [6.45, 7) is 8.54. The first kappa shape index (κ1) is 21.6. The quantitative estimate of drug-likeness (QED) is 0.244. The van der Waals surface area contributed by atoms with Gasteiger partial charge in [-0.05, 0) is 75.6 Å². The molecule has 168 valence electrons. The first-order valence-electron chi connectivity index (χ1n) is 10.8. The van der Waals surface area contributed by atoms with E-state index in [9.17, 15) is 10.0 Å². The predicted molar refractivity (Wildman–Crippen MR) is 115 cm³/mol. The van der Waals surface area contributed by atoms with Gasteiger partial charge in [0.25, 0.3) is 0 Å². The lowest BCUT2D eigenvalue weighted by molar-refractivity contribution is -0.0593. The van der Waals surface area contributed by atoms with Gasteiger partial charge in [-0.2, -0.15) is 0 Å². The molecule has 1 aromatic carbocycles. The van der Waals surface area contributed by atoms with E-state index < -0.39 is 17.3 Å². The molecule has 1 saturated carbocycles. The molecule has 31 heavy (non-hydrogen) atoms. The van der Waals surface area contributed by atoms with Gasteiger partial charge in [0.05, 0.1) is 17.7 Å². The van der Waals surface area contributed by atoms with Crippen molar-refractivity contribution < 1.29 is 23.9 Å². The molecule has 2 heterocycles. The summed E-state index contributed by atoms with van der Waals surface area (Å²) in [5.41, 5.74) is 6.18. The van der Waals surface area contributed by atoms with Gasteiger partial charge in [0.1, 0.15) is 17.1 Å². The topological polar surface area (TPSA) is 99.1 Å². The third-order valence-corrected chi connectivity index (χ3v) is 6.75. The Labute approximate surface area is 181 Å². The van der Waals surface area contributed by atoms with Crippen molar-refractivity contribution in [3.05, 3.63) is 35.3 Å². The summed E-state index contributed by atoms with van der Waals surface area (Å²) in [5, 5.41) is 13.2. The van der Waals surface area contributed by atoms with Crippen LogP contribution >= 0.6 is 0 Å². The first-order valence-corrected chi connectivity index (χ1v) is 10.8. The molecule has 4 rings (SSSR count). The lowest BCUT2D eigenvalue weighted by atomic mass is 9.83. The van der Waals surface area contributed by atoms with Crippen molar-refractivity contribution in [2.45, 2.75) is 64.0 Å². The van der Waals surface area contributed by atoms with E-state index >= 15 is 4.39 Å². The average Bonchev–Trinajstić information content (AvgIpc) is 3.22. The number of aromatic nitrogens is 1. The monoisotopic (exact) mass is 431 g/mol. The van der Waals surface area contributed by atoms with E-state index in [0.29, 0.717) is 18.4 Å². The Balaban J connectivity index is 1.90. The van der Waals surface area contributed by atoms with Gasteiger partial charge in [-0.25, -0.2) is 9.18 Å². The van der Waals surface area contributed by atoms with E-state index in [0.717, 1.165) is 18.4 Å². The zero-order chi connectivity index (χ0) is 22.6. The number of ether oxygens (including phenoxy) is 2. The van der Waals surface area contributed by atoms with Crippen molar-refractivity contribution in [2.75, 3.05) is 13.2 Å². The number of benzene rings is 1. The van der Waals surface area contributed by atoms with Crippen molar-refractivity contribution in [3.63, 3.8) is 0 Å². The van der Waals surface area contributed by atoms with Crippen LogP contribution in [-0.2, 0) is 15.0 Å². The molecular weight excluding hydrogens is 401 g/mol.